The Hall–Kier alpha value is -2.91. The van der Waals surface area contributed by atoms with E-state index in [1.807, 2.05) is 12.1 Å². The van der Waals surface area contributed by atoms with E-state index in [0.29, 0.717) is 20.4 Å². The summed E-state index contributed by atoms with van der Waals surface area (Å²) >= 11 is 2.48. The number of carbonyl (C=O) groups excluding carboxylic acids is 2. The van der Waals surface area contributed by atoms with E-state index in [1.165, 1.54) is 18.4 Å². The molecule has 0 amide bonds. The van der Waals surface area contributed by atoms with Gasteiger partial charge in [0, 0.05) is 4.70 Å². The molecule has 0 fully saturated rings. The molecule has 0 saturated carbocycles. The van der Waals surface area contributed by atoms with Gasteiger partial charge in [-0.15, -0.1) is 22.7 Å². The van der Waals surface area contributed by atoms with Crippen LogP contribution in [-0.2, 0) is 14.3 Å². The molecule has 0 spiro atoms. The van der Waals surface area contributed by atoms with E-state index in [9.17, 15) is 9.59 Å². The zero-order valence-corrected chi connectivity index (χ0v) is 16.8. The number of methoxy groups -OCH3 is 1. The monoisotopic (exact) mass is 418 g/mol. The van der Waals surface area contributed by atoms with Gasteiger partial charge in [0.25, 0.3) is 0 Å². The van der Waals surface area contributed by atoms with Gasteiger partial charge in [0.1, 0.15) is 16.5 Å². The highest BCUT2D eigenvalue weighted by molar-refractivity contribution is 7.20. The Balaban J connectivity index is 1.91. The van der Waals surface area contributed by atoms with E-state index >= 15 is 0 Å². The molecule has 0 aliphatic heterocycles. The maximum absolute atomic E-state index is 12.5. The van der Waals surface area contributed by atoms with Crippen LogP contribution in [0.4, 0.5) is 0 Å². The Bertz CT molecular complexity index is 1040. The molecule has 146 valence electrons. The van der Waals surface area contributed by atoms with Gasteiger partial charge >= 0.3 is 11.9 Å². The molecule has 1 atom stereocenters. The van der Waals surface area contributed by atoms with E-state index in [2.05, 4.69) is 0 Å². The van der Waals surface area contributed by atoms with Crippen LogP contribution in [0.1, 0.15) is 32.5 Å². The van der Waals surface area contributed by atoms with Crippen LogP contribution in [0.2, 0.25) is 0 Å². The summed E-state index contributed by atoms with van der Waals surface area (Å²) in [6.45, 7) is 1.92. The summed E-state index contributed by atoms with van der Waals surface area (Å²) in [6.07, 6.45) is -1.01. The molecule has 2 aromatic heterocycles. The number of rotatable bonds is 7. The number of nitrogens with two attached hydrogens (primary N) is 1. The predicted molar refractivity (Wildman–Crippen MR) is 109 cm³/mol. The molecule has 0 saturated heterocycles. The predicted octanol–water partition coefficient (Wildman–Crippen LogP) is 3.72. The van der Waals surface area contributed by atoms with E-state index in [4.69, 9.17) is 25.4 Å². The number of benzene rings is 1. The number of hydrogen-bond donors (Lipinski definition) is 2. The van der Waals surface area contributed by atoms with Gasteiger partial charge in [0.05, 0.1) is 23.5 Å². The smallest absolute Gasteiger partial charge is 0.352 e. The molecule has 2 heterocycles. The van der Waals surface area contributed by atoms with Crippen LogP contribution >= 0.6 is 22.7 Å². The van der Waals surface area contributed by atoms with E-state index < -0.39 is 18.0 Å². The first-order valence-corrected chi connectivity index (χ1v) is 9.95. The van der Waals surface area contributed by atoms with Gasteiger partial charge in [-0.05, 0) is 48.7 Å². The lowest BCUT2D eigenvalue weighted by Crippen LogP contribution is -2.20. The van der Waals surface area contributed by atoms with Crippen molar-refractivity contribution in [1.82, 2.24) is 0 Å². The Morgan fingerprint density at radius 3 is 2.61 bits per heavy atom. The molecule has 3 aromatic rings. The topological polar surface area (TPSA) is 112 Å². The lowest BCUT2D eigenvalue weighted by Gasteiger charge is -2.16. The van der Waals surface area contributed by atoms with Crippen LogP contribution in [0.5, 0.6) is 5.75 Å². The number of hydrogen-bond acceptors (Lipinski definition) is 8. The van der Waals surface area contributed by atoms with E-state index in [1.54, 1.807) is 31.2 Å². The summed E-state index contributed by atoms with van der Waals surface area (Å²) in [6, 6.07) is 10.4. The van der Waals surface area contributed by atoms with Crippen LogP contribution in [-0.4, -0.2) is 31.5 Å². The third kappa shape index (κ3) is 4.15. The first-order valence-electron chi connectivity index (χ1n) is 8.32. The van der Waals surface area contributed by atoms with Gasteiger partial charge in [-0.1, -0.05) is 0 Å². The Labute approximate surface area is 169 Å². The Kier molecular flexibility index (Phi) is 5.96. The highest BCUT2D eigenvalue weighted by Gasteiger charge is 2.27. The summed E-state index contributed by atoms with van der Waals surface area (Å²) in [5.74, 6) is -0.551. The summed E-state index contributed by atoms with van der Waals surface area (Å²) in [7, 11) is 1.30. The van der Waals surface area contributed by atoms with Crippen molar-refractivity contribution in [3.8, 4) is 5.75 Å². The number of amidine groups is 1. The minimum Gasteiger partial charge on any atom is -0.473 e. The fourth-order valence-electron chi connectivity index (χ4n) is 2.50. The summed E-state index contributed by atoms with van der Waals surface area (Å²) in [4.78, 5) is 25.7. The zero-order chi connectivity index (χ0) is 20.3. The molecule has 7 nitrogen and oxygen atoms in total. The summed E-state index contributed by atoms with van der Waals surface area (Å²) in [5.41, 5.74) is 5.55. The molecule has 0 aliphatic rings. The SMILES string of the molecule is CCOC(=O)C(Oc1ccc2cc(C(=N)N)sc2c1)c1ccc(C(=O)OC)s1. The van der Waals surface area contributed by atoms with Crippen LogP contribution in [0.25, 0.3) is 10.1 Å². The molecule has 1 aromatic carbocycles. The molecular weight excluding hydrogens is 400 g/mol. The van der Waals surface area contributed by atoms with Gasteiger partial charge in [-0.25, -0.2) is 9.59 Å². The van der Waals surface area contributed by atoms with Gasteiger partial charge in [-0.2, -0.15) is 0 Å². The molecule has 1 unspecified atom stereocenters. The molecule has 0 aliphatic carbocycles. The van der Waals surface area contributed by atoms with Crippen LogP contribution in [0, 0.1) is 5.41 Å². The van der Waals surface area contributed by atoms with Crippen molar-refractivity contribution in [2.75, 3.05) is 13.7 Å². The minimum atomic E-state index is -1.01. The quantitative estimate of drug-likeness (QED) is 0.344. The van der Waals surface area contributed by atoms with Crippen molar-refractivity contribution >= 4 is 50.5 Å². The van der Waals surface area contributed by atoms with Crippen molar-refractivity contribution in [2.24, 2.45) is 5.73 Å². The summed E-state index contributed by atoms with van der Waals surface area (Å²) in [5, 5.41) is 8.49. The third-order valence-corrected chi connectivity index (χ3v) is 6.02. The molecule has 3 rings (SSSR count). The highest BCUT2D eigenvalue weighted by atomic mass is 32.1. The molecule has 0 bridgehead atoms. The lowest BCUT2D eigenvalue weighted by molar-refractivity contribution is -0.151. The minimum absolute atomic E-state index is 0.00185. The van der Waals surface area contributed by atoms with Crippen molar-refractivity contribution in [3.63, 3.8) is 0 Å². The van der Waals surface area contributed by atoms with Gasteiger partial charge in [-0.3, -0.25) is 5.41 Å². The van der Waals surface area contributed by atoms with Gasteiger partial charge in [0.2, 0.25) is 6.10 Å². The molecule has 9 heteroatoms. The Morgan fingerprint density at radius 2 is 1.93 bits per heavy atom. The summed E-state index contributed by atoms with van der Waals surface area (Å²) < 4.78 is 16.7. The average Bonchev–Trinajstić information content (AvgIpc) is 3.32. The number of carbonyl (C=O) groups is 2. The second kappa shape index (κ2) is 8.41. The first-order chi connectivity index (χ1) is 13.4. The normalized spacial score (nSPS) is 11.8. The van der Waals surface area contributed by atoms with Crippen molar-refractivity contribution in [1.29, 1.82) is 5.41 Å². The van der Waals surface area contributed by atoms with E-state index in [0.717, 1.165) is 21.4 Å². The van der Waals surface area contributed by atoms with Gasteiger partial charge < -0.3 is 19.9 Å². The zero-order valence-electron chi connectivity index (χ0n) is 15.2. The fourth-order valence-corrected chi connectivity index (χ4v) is 4.39. The third-order valence-electron chi connectivity index (χ3n) is 3.78. The van der Waals surface area contributed by atoms with Crippen LogP contribution in [0.15, 0.2) is 36.4 Å². The van der Waals surface area contributed by atoms with Crippen molar-refractivity contribution in [2.45, 2.75) is 13.0 Å². The lowest BCUT2D eigenvalue weighted by atomic mass is 10.2. The number of fused-ring (bicyclic) bond motifs is 1. The molecular formula is C19H18N2O5S2. The first kappa shape index (κ1) is 19.8. The van der Waals surface area contributed by atoms with Crippen LogP contribution < -0.4 is 10.5 Å². The van der Waals surface area contributed by atoms with Gasteiger partial charge in [0.15, 0.2) is 0 Å². The number of thiophene rings is 2. The standard InChI is InChI=1S/C19H18N2O5S2/c1-3-25-19(23)16(12-6-7-13(27-12)18(22)24-2)26-11-5-4-10-8-15(17(20)21)28-14(10)9-11/h4-9,16H,3H2,1-2H3,(H3,20,21). The molecule has 0 radical (unpaired) electrons. The van der Waals surface area contributed by atoms with Crippen LogP contribution in [0.3, 0.4) is 0 Å². The number of nitrogen functional groups attached to an aromatic ring is 1. The maximum Gasteiger partial charge on any atom is 0.352 e. The number of nitrogens with one attached hydrogen (secondary N) is 1. The maximum atomic E-state index is 12.5. The second-order valence-corrected chi connectivity index (χ2v) is 7.87. The largest absolute Gasteiger partial charge is 0.473 e. The number of esters is 2. The second-order valence-electron chi connectivity index (χ2n) is 5.67. The number of ether oxygens (including phenoxy) is 3. The highest BCUT2D eigenvalue weighted by Crippen LogP contribution is 2.33. The van der Waals surface area contributed by atoms with Crippen molar-refractivity contribution < 1.29 is 23.8 Å². The molecule has 28 heavy (non-hydrogen) atoms. The van der Waals surface area contributed by atoms with Crippen molar-refractivity contribution in [3.05, 3.63) is 51.0 Å². The Morgan fingerprint density at radius 1 is 1.14 bits per heavy atom. The molecule has 3 N–H and O–H groups in total. The van der Waals surface area contributed by atoms with E-state index in [-0.39, 0.29) is 12.4 Å². The average molecular weight is 418 g/mol. The fraction of sp³-hybridized carbons (Fsp3) is 0.211.